The number of aliphatic hydroxyl groups is 2. The van der Waals surface area contributed by atoms with Crippen LogP contribution in [0.2, 0.25) is 0 Å². The lowest BCUT2D eigenvalue weighted by Crippen LogP contribution is -2.46. The predicted molar refractivity (Wildman–Crippen MR) is 247 cm³/mol. The topological polar surface area (TPSA) is 83.9 Å². The molecule has 10 heteroatoms. The van der Waals surface area contributed by atoms with E-state index in [1.807, 2.05) is 109 Å². The zero-order chi connectivity index (χ0) is 44.5. The van der Waals surface area contributed by atoms with E-state index in [9.17, 15) is 19.0 Å². The first-order valence-electron chi connectivity index (χ1n) is 22.3. The Morgan fingerprint density at radius 2 is 0.703 bits per heavy atom. The molecule has 2 fully saturated rings. The van der Waals surface area contributed by atoms with Gasteiger partial charge in [-0.15, -0.1) is 0 Å². The van der Waals surface area contributed by atoms with Gasteiger partial charge in [-0.25, -0.2) is 8.78 Å². The van der Waals surface area contributed by atoms with Crippen LogP contribution in [0.3, 0.4) is 0 Å². The SMILES string of the molecule is OC1(Cc2ccc(F)cc2)CCN(CCOc2ccc(OCc3ccccc3)cc2)CC1.OC1(Cc2ccc(F)cc2)CCN(CCOc2ccc(OCc3ccccc3)cc2)CC1. The van der Waals surface area contributed by atoms with E-state index in [1.165, 1.54) is 24.3 Å². The van der Waals surface area contributed by atoms with Gasteiger partial charge in [0.25, 0.3) is 0 Å². The summed E-state index contributed by atoms with van der Waals surface area (Å²) in [7, 11) is 0. The highest BCUT2D eigenvalue weighted by Gasteiger charge is 2.33. The van der Waals surface area contributed by atoms with Gasteiger partial charge in [0.05, 0.1) is 11.2 Å². The minimum atomic E-state index is -0.717. The lowest BCUT2D eigenvalue weighted by molar-refractivity contribution is -0.0229. The Balaban J connectivity index is 0.000000191. The van der Waals surface area contributed by atoms with Crippen LogP contribution in [0.25, 0.3) is 0 Å². The average Bonchev–Trinajstić information content (AvgIpc) is 3.32. The number of halogens is 2. The van der Waals surface area contributed by atoms with Crippen LogP contribution >= 0.6 is 0 Å². The van der Waals surface area contributed by atoms with Gasteiger partial charge in [0, 0.05) is 52.1 Å². The van der Waals surface area contributed by atoms with Gasteiger partial charge < -0.3 is 29.2 Å². The highest BCUT2D eigenvalue weighted by atomic mass is 19.1. The van der Waals surface area contributed by atoms with Gasteiger partial charge in [-0.1, -0.05) is 84.9 Å². The summed E-state index contributed by atoms with van der Waals surface area (Å²) in [5, 5.41) is 21.8. The lowest BCUT2D eigenvalue weighted by Gasteiger charge is -2.38. The molecule has 0 unspecified atom stereocenters. The first-order chi connectivity index (χ1) is 31.2. The van der Waals surface area contributed by atoms with E-state index in [-0.39, 0.29) is 11.6 Å². The molecule has 8 rings (SSSR count). The molecule has 0 aliphatic carbocycles. The minimum Gasteiger partial charge on any atom is -0.492 e. The molecule has 0 saturated carbocycles. The number of rotatable bonds is 18. The van der Waals surface area contributed by atoms with E-state index in [2.05, 4.69) is 9.80 Å². The molecular weight excluding hydrogens is 811 g/mol. The van der Waals surface area contributed by atoms with Crippen LogP contribution in [0.5, 0.6) is 23.0 Å². The van der Waals surface area contributed by atoms with Gasteiger partial charge >= 0.3 is 0 Å². The van der Waals surface area contributed by atoms with Crippen molar-refractivity contribution in [2.24, 2.45) is 0 Å². The fourth-order valence-corrected chi connectivity index (χ4v) is 8.03. The minimum absolute atomic E-state index is 0.245. The summed E-state index contributed by atoms with van der Waals surface area (Å²) in [5.74, 6) is 2.79. The van der Waals surface area contributed by atoms with Crippen molar-refractivity contribution in [2.75, 3.05) is 52.5 Å². The van der Waals surface area contributed by atoms with E-state index in [1.54, 1.807) is 24.3 Å². The van der Waals surface area contributed by atoms with Crippen molar-refractivity contribution in [3.8, 4) is 23.0 Å². The maximum absolute atomic E-state index is 13.1. The van der Waals surface area contributed by atoms with E-state index < -0.39 is 11.2 Å². The molecular formula is C54H60F2N2O6. The Kier molecular flexibility index (Phi) is 16.8. The fraction of sp³-hybridized carbons (Fsp3) is 0.333. The number of hydrogen-bond donors (Lipinski definition) is 2. The second-order valence-electron chi connectivity index (χ2n) is 16.9. The molecule has 6 aromatic rings. The van der Waals surface area contributed by atoms with Crippen molar-refractivity contribution in [3.63, 3.8) is 0 Å². The van der Waals surface area contributed by atoms with E-state index in [4.69, 9.17) is 18.9 Å². The molecule has 0 bridgehead atoms. The first-order valence-corrected chi connectivity index (χ1v) is 22.3. The third kappa shape index (κ3) is 15.2. The Labute approximate surface area is 376 Å². The Morgan fingerprint density at radius 3 is 1.03 bits per heavy atom. The Bertz CT molecular complexity index is 2070. The Morgan fingerprint density at radius 1 is 0.391 bits per heavy atom. The number of benzene rings is 6. The molecule has 0 spiro atoms. The summed E-state index contributed by atoms with van der Waals surface area (Å²) in [6, 6.07) is 48.4. The van der Waals surface area contributed by atoms with Gasteiger partial charge in [-0.05, 0) is 121 Å². The van der Waals surface area contributed by atoms with Crippen LogP contribution in [-0.2, 0) is 26.1 Å². The van der Waals surface area contributed by atoms with Crippen molar-refractivity contribution in [3.05, 3.63) is 192 Å². The molecule has 2 heterocycles. The zero-order valence-electron chi connectivity index (χ0n) is 36.5. The van der Waals surface area contributed by atoms with Crippen LogP contribution in [0.4, 0.5) is 8.78 Å². The van der Waals surface area contributed by atoms with Crippen LogP contribution in [-0.4, -0.2) is 83.7 Å². The summed E-state index contributed by atoms with van der Waals surface area (Å²) in [6.07, 6.45) is 3.96. The monoisotopic (exact) mass is 870 g/mol. The maximum atomic E-state index is 13.1. The van der Waals surface area contributed by atoms with E-state index >= 15 is 0 Å². The molecule has 64 heavy (non-hydrogen) atoms. The fourth-order valence-electron chi connectivity index (χ4n) is 8.03. The highest BCUT2D eigenvalue weighted by Crippen LogP contribution is 2.28. The molecule has 0 amide bonds. The normalized spacial score (nSPS) is 15.9. The molecule has 0 radical (unpaired) electrons. The largest absolute Gasteiger partial charge is 0.492 e. The van der Waals surface area contributed by atoms with Crippen LogP contribution in [0.1, 0.15) is 47.9 Å². The lowest BCUT2D eigenvalue weighted by atomic mass is 9.85. The third-order valence-corrected chi connectivity index (χ3v) is 12.0. The number of ether oxygens (including phenoxy) is 4. The summed E-state index contributed by atoms with van der Waals surface area (Å²) < 4.78 is 49.6. The second kappa shape index (κ2) is 23.2. The third-order valence-electron chi connectivity index (χ3n) is 12.0. The summed E-state index contributed by atoms with van der Waals surface area (Å²) in [4.78, 5) is 4.63. The quantitative estimate of drug-likeness (QED) is 0.0885. The van der Waals surface area contributed by atoms with Crippen LogP contribution < -0.4 is 18.9 Å². The van der Waals surface area contributed by atoms with Gasteiger partial charge in [-0.3, -0.25) is 9.80 Å². The van der Waals surface area contributed by atoms with Gasteiger partial charge in [-0.2, -0.15) is 0 Å². The molecule has 336 valence electrons. The summed E-state index contributed by atoms with van der Waals surface area (Å²) in [5.41, 5.74) is 2.79. The molecule has 0 aromatic heterocycles. The summed E-state index contributed by atoms with van der Waals surface area (Å²) >= 11 is 0. The molecule has 8 nitrogen and oxygen atoms in total. The van der Waals surface area contributed by atoms with Crippen molar-refractivity contribution in [2.45, 2.75) is 62.9 Å². The molecule has 2 N–H and O–H groups in total. The summed E-state index contributed by atoms with van der Waals surface area (Å²) in [6.45, 7) is 7.23. The van der Waals surface area contributed by atoms with Crippen molar-refractivity contribution >= 4 is 0 Å². The van der Waals surface area contributed by atoms with Gasteiger partial charge in [0.2, 0.25) is 0 Å². The Hall–Kier alpha value is -5.78. The molecule has 0 atom stereocenters. The van der Waals surface area contributed by atoms with Gasteiger partial charge in [0.15, 0.2) is 0 Å². The van der Waals surface area contributed by atoms with Crippen molar-refractivity contribution in [1.29, 1.82) is 0 Å². The number of nitrogens with zero attached hydrogens (tertiary/aromatic N) is 2. The predicted octanol–water partition coefficient (Wildman–Crippen LogP) is 9.71. The average molecular weight is 871 g/mol. The van der Waals surface area contributed by atoms with Gasteiger partial charge in [0.1, 0.15) is 61.1 Å². The standard InChI is InChI=1S/2C27H30FNO3/c2*28-24-8-6-22(7-9-24)20-27(30)14-16-29(17-15-27)18-19-31-25-10-12-26(13-11-25)32-21-23-4-2-1-3-5-23/h2*1-13,30H,14-21H2. The smallest absolute Gasteiger partial charge is 0.123 e. The first kappa shape index (κ1) is 46.2. The number of piperidine rings is 2. The molecule has 6 aromatic carbocycles. The zero-order valence-corrected chi connectivity index (χ0v) is 36.5. The van der Waals surface area contributed by atoms with Crippen LogP contribution in [0.15, 0.2) is 158 Å². The molecule has 2 aliphatic rings. The maximum Gasteiger partial charge on any atom is 0.123 e. The molecule has 2 aliphatic heterocycles. The molecule has 2 saturated heterocycles. The van der Waals surface area contributed by atoms with Crippen LogP contribution in [0, 0.1) is 11.6 Å². The highest BCUT2D eigenvalue weighted by molar-refractivity contribution is 5.33. The van der Waals surface area contributed by atoms with Crippen molar-refractivity contribution in [1.82, 2.24) is 9.80 Å². The second-order valence-corrected chi connectivity index (χ2v) is 16.9. The van der Waals surface area contributed by atoms with E-state index in [0.717, 1.165) is 84.5 Å². The number of hydrogen-bond acceptors (Lipinski definition) is 8. The number of likely N-dealkylation sites (tertiary alicyclic amines) is 2. The van der Waals surface area contributed by atoms with E-state index in [0.29, 0.717) is 65.0 Å². The van der Waals surface area contributed by atoms with Crippen molar-refractivity contribution < 1.29 is 37.9 Å².